The minimum atomic E-state index is -0.344. The molecule has 28 heavy (non-hydrogen) atoms. The van der Waals surface area contributed by atoms with E-state index in [0.29, 0.717) is 32.3 Å². The zero-order valence-electron chi connectivity index (χ0n) is 17.1. The highest BCUT2D eigenvalue weighted by Gasteiger charge is 2.25. The van der Waals surface area contributed by atoms with Crippen LogP contribution in [0.25, 0.3) is 0 Å². The van der Waals surface area contributed by atoms with Crippen molar-refractivity contribution in [2.24, 2.45) is 10.9 Å². The Kier molecular flexibility index (Phi) is 12.4. The average molecular weight is 509 g/mol. The van der Waals surface area contributed by atoms with Crippen LogP contribution in [0.3, 0.4) is 0 Å². The smallest absolute Gasteiger partial charge is 0.194 e. The van der Waals surface area contributed by atoms with Gasteiger partial charge in [-0.25, -0.2) is 9.38 Å². The van der Waals surface area contributed by atoms with Gasteiger partial charge in [-0.2, -0.15) is 0 Å². The van der Waals surface area contributed by atoms with Crippen LogP contribution in [-0.4, -0.2) is 64.0 Å². The van der Waals surface area contributed by atoms with Crippen molar-refractivity contribution < 1.29 is 18.6 Å². The second-order valence-electron chi connectivity index (χ2n) is 6.54. The lowest BCUT2D eigenvalue weighted by Gasteiger charge is -2.21. The Morgan fingerprint density at radius 1 is 1.32 bits per heavy atom. The molecule has 1 atom stereocenters. The number of ether oxygens (including phenoxy) is 3. The molecule has 1 N–H and O–H groups in total. The van der Waals surface area contributed by atoms with Gasteiger partial charge in [0.25, 0.3) is 0 Å². The summed E-state index contributed by atoms with van der Waals surface area (Å²) in [6.07, 6.45) is 1.08. The van der Waals surface area contributed by atoms with Gasteiger partial charge < -0.3 is 24.4 Å². The monoisotopic (exact) mass is 509 g/mol. The van der Waals surface area contributed by atoms with Crippen molar-refractivity contribution in [3.63, 3.8) is 0 Å². The molecule has 0 amide bonds. The summed E-state index contributed by atoms with van der Waals surface area (Å²) >= 11 is 0. The van der Waals surface area contributed by atoms with Gasteiger partial charge in [0, 0.05) is 32.7 Å². The fourth-order valence-corrected chi connectivity index (χ4v) is 3.06. The maximum absolute atomic E-state index is 14.0. The van der Waals surface area contributed by atoms with Crippen molar-refractivity contribution >= 4 is 29.9 Å². The van der Waals surface area contributed by atoms with Crippen molar-refractivity contribution in [1.29, 1.82) is 0 Å². The van der Waals surface area contributed by atoms with Crippen LogP contribution in [-0.2, 0) is 16.0 Å². The van der Waals surface area contributed by atoms with E-state index in [0.717, 1.165) is 44.2 Å². The van der Waals surface area contributed by atoms with Gasteiger partial charge in [0.2, 0.25) is 0 Å². The number of benzene rings is 1. The van der Waals surface area contributed by atoms with Crippen molar-refractivity contribution in [2.45, 2.75) is 26.8 Å². The molecule has 0 aliphatic carbocycles. The summed E-state index contributed by atoms with van der Waals surface area (Å²) in [5, 5.41) is 3.33. The van der Waals surface area contributed by atoms with Gasteiger partial charge >= 0.3 is 0 Å². The molecular formula is C20H33FIN3O3. The number of rotatable bonds is 10. The van der Waals surface area contributed by atoms with Gasteiger partial charge in [0.15, 0.2) is 17.5 Å². The van der Waals surface area contributed by atoms with Crippen LogP contribution in [0.2, 0.25) is 0 Å². The number of guanidine groups is 1. The lowest BCUT2D eigenvalue weighted by molar-refractivity contribution is 0.0536. The van der Waals surface area contributed by atoms with E-state index in [1.807, 2.05) is 19.9 Å². The lowest BCUT2D eigenvalue weighted by Crippen LogP contribution is -2.40. The molecule has 160 valence electrons. The molecule has 0 saturated carbocycles. The van der Waals surface area contributed by atoms with Crippen LogP contribution in [0.5, 0.6) is 5.75 Å². The quantitative estimate of drug-likeness (QED) is 0.227. The number of likely N-dealkylation sites (tertiary alicyclic amines) is 1. The molecule has 6 nitrogen and oxygen atoms in total. The number of halogens is 2. The molecule has 0 aromatic heterocycles. The van der Waals surface area contributed by atoms with E-state index in [2.05, 4.69) is 15.2 Å². The molecule has 1 aromatic carbocycles. The topological polar surface area (TPSA) is 55.3 Å². The predicted molar refractivity (Wildman–Crippen MR) is 120 cm³/mol. The zero-order chi connectivity index (χ0) is 19.5. The highest BCUT2D eigenvalue weighted by molar-refractivity contribution is 14.0. The third-order valence-corrected chi connectivity index (χ3v) is 4.41. The highest BCUT2D eigenvalue weighted by Crippen LogP contribution is 2.20. The summed E-state index contributed by atoms with van der Waals surface area (Å²) in [5.74, 6) is 1.30. The first-order valence-corrected chi connectivity index (χ1v) is 9.69. The van der Waals surface area contributed by atoms with Crippen LogP contribution < -0.4 is 10.1 Å². The standard InChI is InChI=1S/C20H32FN3O3.HI/c1-4-22-20(24-9-8-17(14-24)15-26-11-10-25-3)23-13-16-6-7-19(27-5-2)18(21)12-16;/h6-7,12,17H,4-5,8-11,13-15H2,1-3H3,(H,22,23);1H. The van der Waals surface area contributed by atoms with E-state index >= 15 is 0 Å². The molecule has 8 heteroatoms. The number of methoxy groups -OCH3 is 1. The van der Waals surface area contributed by atoms with E-state index in [-0.39, 0.29) is 35.5 Å². The molecule has 1 saturated heterocycles. The van der Waals surface area contributed by atoms with Gasteiger partial charge in [-0.1, -0.05) is 6.07 Å². The Morgan fingerprint density at radius 2 is 2.14 bits per heavy atom. The van der Waals surface area contributed by atoms with Crippen LogP contribution >= 0.6 is 24.0 Å². The summed E-state index contributed by atoms with van der Waals surface area (Å²) in [6.45, 7) is 9.41. The lowest BCUT2D eigenvalue weighted by atomic mass is 10.1. The average Bonchev–Trinajstić information content (AvgIpc) is 3.13. The van der Waals surface area contributed by atoms with Crippen molar-refractivity contribution in [1.82, 2.24) is 10.2 Å². The van der Waals surface area contributed by atoms with Crippen LogP contribution in [0, 0.1) is 11.7 Å². The highest BCUT2D eigenvalue weighted by atomic mass is 127. The largest absolute Gasteiger partial charge is 0.491 e. The first-order valence-electron chi connectivity index (χ1n) is 9.69. The fraction of sp³-hybridized carbons (Fsp3) is 0.650. The van der Waals surface area contributed by atoms with Crippen molar-refractivity contribution in [3.8, 4) is 5.75 Å². The first-order chi connectivity index (χ1) is 13.2. The zero-order valence-corrected chi connectivity index (χ0v) is 19.4. The van der Waals surface area contributed by atoms with E-state index in [9.17, 15) is 4.39 Å². The summed E-state index contributed by atoms with van der Waals surface area (Å²) in [6, 6.07) is 5.02. The third kappa shape index (κ3) is 8.08. The number of hydrogen-bond acceptors (Lipinski definition) is 4. The van der Waals surface area contributed by atoms with Gasteiger partial charge in [-0.05, 0) is 38.0 Å². The molecule has 1 fully saturated rings. The molecule has 0 bridgehead atoms. The van der Waals surface area contributed by atoms with Crippen LogP contribution in [0.1, 0.15) is 25.8 Å². The Morgan fingerprint density at radius 3 is 2.82 bits per heavy atom. The molecule has 1 aliphatic heterocycles. The molecule has 1 aliphatic rings. The predicted octanol–water partition coefficient (Wildman–Crippen LogP) is 3.29. The van der Waals surface area contributed by atoms with Gasteiger partial charge in [-0.3, -0.25) is 0 Å². The van der Waals surface area contributed by atoms with Gasteiger partial charge in [0.1, 0.15) is 0 Å². The number of aliphatic imine (C=N–C) groups is 1. The van der Waals surface area contributed by atoms with Crippen molar-refractivity contribution in [2.75, 3.05) is 53.2 Å². The van der Waals surface area contributed by atoms with E-state index < -0.39 is 0 Å². The summed E-state index contributed by atoms with van der Waals surface area (Å²) in [5.41, 5.74) is 0.824. The summed E-state index contributed by atoms with van der Waals surface area (Å²) in [4.78, 5) is 6.94. The fourth-order valence-electron chi connectivity index (χ4n) is 3.06. The van der Waals surface area contributed by atoms with Crippen molar-refractivity contribution in [3.05, 3.63) is 29.6 Å². The van der Waals surface area contributed by atoms with E-state index in [1.165, 1.54) is 6.07 Å². The Labute approximate surface area is 184 Å². The first kappa shape index (κ1) is 24.9. The number of hydrogen-bond donors (Lipinski definition) is 1. The van der Waals surface area contributed by atoms with E-state index in [4.69, 9.17) is 14.2 Å². The molecule has 2 rings (SSSR count). The summed E-state index contributed by atoms with van der Waals surface area (Å²) < 4.78 is 29.9. The maximum atomic E-state index is 14.0. The summed E-state index contributed by atoms with van der Waals surface area (Å²) in [7, 11) is 1.68. The number of nitrogens with one attached hydrogen (secondary N) is 1. The normalized spacial score (nSPS) is 16.8. The van der Waals surface area contributed by atoms with E-state index in [1.54, 1.807) is 13.2 Å². The van der Waals surface area contributed by atoms with Gasteiger partial charge in [0.05, 0.1) is 33.0 Å². The Hall–Kier alpha value is -1.13. The van der Waals surface area contributed by atoms with Crippen LogP contribution in [0.15, 0.2) is 23.2 Å². The minimum Gasteiger partial charge on any atom is -0.491 e. The third-order valence-electron chi connectivity index (χ3n) is 4.41. The number of nitrogens with zero attached hydrogens (tertiary/aromatic N) is 2. The molecule has 0 radical (unpaired) electrons. The SMILES string of the molecule is CCNC(=NCc1ccc(OCC)c(F)c1)N1CCC(COCCOC)C1.I. The Balaban J connectivity index is 0.00000392. The second-order valence-corrected chi connectivity index (χ2v) is 6.54. The molecule has 1 aromatic rings. The van der Waals surface area contributed by atoms with Gasteiger partial charge in [-0.15, -0.1) is 24.0 Å². The molecule has 0 spiro atoms. The molecular weight excluding hydrogens is 476 g/mol. The maximum Gasteiger partial charge on any atom is 0.194 e. The molecule has 1 unspecified atom stereocenters. The Bertz CT molecular complexity index is 604. The minimum absolute atomic E-state index is 0. The van der Waals surface area contributed by atoms with Crippen LogP contribution in [0.4, 0.5) is 4.39 Å². The second kappa shape index (κ2) is 13.9. The molecule has 1 heterocycles.